The summed E-state index contributed by atoms with van der Waals surface area (Å²) in [6.07, 6.45) is 4.42. The Morgan fingerprint density at radius 1 is 1.63 bits per heavy atom. The molecule has 0 aromatic carbocycles. The molecule has 1 unspecified atom stereocenters. The molecule has 7 nitrogen and oxygen atoms in total. The van der Waals surface area contributed by atoms with Gasteiger partial charge in [0.25, 0.3) is 0 Å². The number of pyridine rings is 1. The fraction of sp³-hybridized carbons (Fsp3) is 0.500. The zero-order chi connectivity index (χ0) is 13.8. The number of nitrogens with zero attached hydrogens (tertiary/aromatic N) is 3. The molecule has 0 radical (unpaired) electrons. The first kappa shape index (κ1) is 13.3. The molecule has 0 spiro atoms. The highest BCUT2D eigenvalue weighted by atomic mass is 16.6. The van der Waals surface area contributed by atoms with E-state index >= 15 is 0 Å². The number of aliphatic carboxylic acids is 1. The highest BCUT2D eigenvalue weighted by Crippen LogP contribution is 2.32. The van der Waals surface area contributed by atoms with Crippen molar-refractivity contribution in [1.82, 2.24) is 4.98 Å². The molecule has 1 atom stereocenters. The van der Waals surface area contributed by atoms with E-state index in [4.69, 9.17) is 5.11 Å². The fourth-order valence-electron chi connectivity index (χ4n) is 2.40. The van der Waals surface area contributed by atoms with E-state index in [1.54, 1.807) is 6.07 Å². The number of hydrogen-bond donors (Lipinski definition) is 1. The molecule has 1 aliphatic heterocycles. The Morgan fingerprint density at radius 3 is 3.11 bits per heavy atom. The number of nitro groups is 1. The summed E-state index contributed by atoms with van der Waals surface area (Å²) >= 11 is 0. The molecule has 0 amide bonds. The molecule has 2 heterocycles. The molecule has 1 saturated heterocycles. The van der Waals surface area contributed by atoms with Gasteiger partial charge in [-0.15, -0.1) is 0 Å². The zero-order valence-corrected chi connectivity index (χ0v) is 10.4. The Labute approximate surface area is 110 Å². The predicted octanol–water partition coefficient (Wildman–Crippen LogP) is 1.68. The lowest BCUT2D eigenvalue weighted by atomic mass is 10.0. The van der Waals surface area contributed by atoms with Gasteiger partial charge in [0.2, 0.25) is 0 Å². The van der Waals surface area contributed by atoms with Crippen molar-refractivity contribution in [3.63, 3.8) is 0 Å². The van der Waals surface area contributed by atoms with Crippen molar-refractivity contribution in [2.45, 2.75) is 19.3 Å². The van der Waals surface area contributed by atoms with Crippen LogP contribution in [0.25, 0.3) is 0 Å². The number of carboxylic acid groups (broad SMARTS) is 1. The second kappa shape index (κ2) is 5.64. The van der Waals surface area contributed by atoms with Crippen LogP contribution in [0.3, 0.4) is 0 Å². The Balaban J connectivity index is 2.04. The van der Waals surface area contributed by atoms with Crippen molar-refractivity contribution in [2.24, 2.45) is 5.92 Å². The van der Waals surface area contributed by atoms with Crippen LogP contribution in [0.15, 0.2) is 18.5 Å². The molecule has 0 aliphatic carbocycles. The van der Waals surface area contributed by atoms with Crippen molar-refractivity contribution in [3.05, 3.63) is 28.6 Å². The second-order valence-electron chi connectivity index (χ2n) is 4.65. The number of hydrogen-bond acceptors (Lipinski definition) is 5. The highest BCUT2D eigenvalue weighted by Gasteiger charge is 2.27. The predicted molar refractivity (Wildman–Crippen MR) is 68.1 cm³/mol. The van der Waals surface area contributed by atoms with Crippen LogP contribution >= 0.6 is 0 Å². The van der Waals surface area contributed by atoms with Gasteiger partial charge >= 0.3 is 11.7 Å². The zero-order valence-electron chi connectivity index (χ0n) is 10.4. The maximum absolute atomic E-state index is 10.9. The van der Waals surface area contributed by atoms with Crippen molar-refractivity contribution in [2.75, 3.05) is 18.0 Å². The summed E-state index contributed by atoms with van der Waals surface area (Å²) in [5.41, 5.74) is 0.569. The van der Waals surface area contributed by atoms with Crippen LogP contribution in [0.1, 0.15) is 19.3 Å². The van der Waals surface area contributed by atoms with Gasteiger partial charge in [0.15, 0.2) is 0 Å². The third-order valence-corrected chi connectivity index (χ3v) is 3.37. The third kappa shape index (κ3) is 3.18. The first-order valence-electron chi connectivity index (χ1n) is 6.13. The summed E-state index contributed by atoms with van der Waals surface area (Å²) in [6, 6.07) is 1.64. The summed E-state index contributed by atoms with van der Waals surface area (Å²) in [5, 5.41) is 19.6. The average Bonchev–Trinajstić information content (AvgIpc) is 2.85. The Bertz CT molecular complexity index is 492. The minimum absolute atomic E-state index is 0.00128. The normalized spacial score (nSPS) is 18.5. The molecule has 1 aromatic rings. The fourth-order valence-corrected chi connectivity index (χ4v) is 2.40. The largest absolute Gasteiger partial charge is 0.481 e. The molecule has 19 heavy (non-hydrogen) atoms. The topological polar surface area (TPSA) is 96.6 Å². The van der Waals surface area contributed by atoms with Crippen molar-refractivity contribution in [1.29, 1.82) is 0 Å². The highest BCUT2D eigenvalue weighted by molar-refractivity contribution is 5.66. The van der Waals surface area contributed by atoms with E-state index in [1.807, 2.05) is 4.90 Å². The van der Waals surface area contributed by atoms with E-state index in [0.29, 0.717) is 18.7 Å². The minimum Gasteiger partial charge on any atom is -0.481 e. The average molecular weight is 265 g/mol. The number of carbonyl (C=O) groups is 1. The van der Waals surface area contributed by atoms with E-state index < -0.39 is 10.9 Å². The minimum atomic E-state index is -0.798. The number of rotatable bonds is 5. The Hall–Kier alpha value is -2.18. The smallest absolute Gasteiger partial charge is 0.310 e. The van der Waals surface area contributed by atoms with Gasteiger partial charge < -0.3 is 10.0 Å². The SMILES string of the molecule is O=C(O)CCC1CCN(c2ccncc2[N+](=O)[O-])C1. The van der Waals surface area contributed by atoms with Crippen LogP contribution < -0.4 is 4.90 Å². The van der Waals surface area contributed by atoms with Gasteiger partial charge in [0.05, 0.1) is 4.92 Å². The van der Waals surface area contributed by atoms with Crippen LogP contribution in [0.4, 0.5) is 11.4 Å². The van der Waals surface area contributed by atoms with E-state index in [0.717, 1.165) is 13.0 Å². The Morgan fingerprint density at radius 2 is 2.42 bits per heavy atom. The maximum Gasteiger partial charge on any atom is 0.310 e. The monoisotopic (exact) mass is 265 g/mol. The van der Waals surface area contributed by atoms with Crippen molar-refractivity contribution < 1.29 is 14.8 Å². The number of aromatic nitrogens is 1. The van der Waals surface area contributed by atoms with Crippen LogP contribution in [-0.4, -0.2) is 34.1 Å². The van der Waals surface area contributed by atoms with Crippen molar-refractivity contribution in [3.8, 4) is 0 Å². The van der Waals surface area contributed by atoms with Crippen LogP contribution in [-0.2, 0) is 4.79 Å². The molecular formula is C12H15N3O4. The van der Waals surface area contributed by atoms with Gasteiger partial charge in [0.1, 0.15) is 11.9 Å². The lowest BCUT2D eigenvalue weighted by molar-refractivity contribution is -0.384. The summed E-state index contributed by atoms with van der Waals surface area (Å²) in [6.45, 7) is 1.38. The van der Waals surface area contributed by atoms with Gasteiger partial charge in [-0.2, -0.15) is 0 Å². The molecule has 102 valence electrons. The molecule has 0 saturated carbocycles. The maximum atomic E-state index is 10.9. The molecular weight excluding hydrogens is 250 g/mol. The standard InChI is InChI=1S/C12H15N3O4/c16-12(17)2-1-9-4-6-14(8-9)10-3-5-13-7-11(10)15(18)19/h3,5,7,9H,1-2,4,6,8H2,(H,16,17). The van der Waals surface area contributed by atoms with E-state index in [2.05, 4.69) is 4.98 Å². The quantitative estimate of drug-likeness (QED) is 0.642. The van der Waals surface area contributed by atoms with Crippen molar-refractivity contribution >= 4 is 17.3 Å². The van der Waals surface area contributed by atoms with Gasteiger partial charge in [-0.05, 0) is 24.8 Å². The molecule has 1 fully saturated rings. The summed E-state index contributed by atoms with van der Waals surface area (Å²) in [5.74, 6) is -0.516. The summed E-state index contributed by atoms with van der Waals surface area (Å²) < 4.78 is 0. The lowest BCUT2D eigenvalue weighted by Crippen LogP contribution is -2.21. The van der Waals surface area contributed by atoms with Gasteiger partial charge in [-0.25, -0.2) is 0 Å². The second-order valence-corrected chi connectivity index (χ2v) is 4.65. The van der Waals surface area contributed by atoms with Crippen LogP contribution in [0.5, 0.6) is 0 Å². The first-order valence-corrected chi connectivity index (χ1v) is 6.13. The molecule has 1 aliphatic rings. The molecule has 1 N–H and O–H groups in total. The molecule has 7 heteroatoms. The number of carboxylic acids is 1. The first-order chi connectivity index (χ1) is 9.08. The van der Waals surface area contributed by atoms with Gasteiger partial charge in [-0.3, -0.25) is 19.9 Å². The summed E-state index contributed by atoms with van der Waals surface area (Å²) in [4.78, 5) is 26.7. The number of anilines is 1. The third-order valence-electron chi connectivity index (χ3n) is 3.37. The molecule has 2 rings (SSSR count). The van der Waals surface area contributed by atoms with Crippen LogP contribution in [0, 0.1) is 16.0 Å². The van der Waals surface area contributed by atoms with E-state index in [9.17, 15) is 14.9 Å². The van der Waals surface area contributed by atoms with E-state index in [1.165, 1.54) is 12.4 Å². The Kier molecular flexibility index (Phi) is 3.94. The molecule has 0 bridgehead atoms. The van der Waals surface area contributed by atoms with Gasteiger partial charge in [0, 0.05) is 25.7 Å². The van der Waals surface area contributed by atoms with E-state index in [-0.39, 0.29) is 18.0 Å². The summed E-state index contributed by atoms with van der Waals surface area (Å²) in [7, 11) is 0. The lowest BCUT2D eigenvalue weighted by Gasteiger charge is -2.18. The van der Waals surface area contributed by atoms with Crippen LogP contribution in [0.2, 0.25) is 0 Å². The van der Waals surface area contributed by atoms with Gasteiger partial charge in [-0.1, -0.05) is 0 Å². The molecule has 1 aromatic heterocycles.